The summed E-state index contributed by atoms with van der Waals surface area (Å²) in [7, 11) is 0. The number of esters is 1. The zero-order chi connectivity index (χ0) is 16.5. The van der Waals surface area contributed by atoms with Crippen LogP contribution in [0.3, 0.4) is 0 Å². The fourth-order valence-electron chi connectivity index (χ4n) is 2.53. The monoisotopic (exact) mass is 323 g/mol. The fourth-order valence-corrected chi connectivity index (χ4v) is 2.53. The average Bonchev–Trinajstić information content (AvgIpc) is 2.57. The number of ether oxygens (including phenoxy) is 4. The van der Waals surface area contributed by atoms with Crippen molar-refractivity contribution in [2.75, 3.05) is 25.9 Å². The molecule has 0 amide bonds. The van der Waals surface area contributed by atoms with Gasteiger partial charge in [0.1, 0.15) is 5.75 Å². The third-order valence-electron chi connectivity index (χ3n) is 3.91. The molecule has 0 aromatic heterocycles. The highest BCUT2D eigenvalue weighted by Gasteiger charge is 2.27. The molecule has 1 aromatic carbocycles. The summed E-state index contributed by atoms with van der Waals surface area (Å²) in [5.74, 6) is 0.510. The molecule has 0 atom stereocenters. The van der Waals surface area contributed by atoms with E-state index in [0.717, 1.165) is 31.4 Å². The van der Waals surface area contributed by atoms with E-state index in [2.05, 4.69) is 0 Å². The molecular weight excluding hydrogens is 298 g/mol. The third kappa shape index (κ3) is 6.08. The highest BCUT2D eigenvalue weighted by molar-refractivity contribution is 5.72. The Bertz CT molecular complexity index is 468. The minimum atomic E-state index is -0.171. The van der Waals surface area contributed by atoms with Gasteiger partial charge >= 0.3 is 5.97 Å². The van der Waals surface area contributed by atoms with Gasteiger partial charge in [-0.1, -0.05) is 0 Å². The molecule has 0 heterocycles. The first kappa shape index (κ1) is 17.6. The van der Waals surface area contributed by atoms with E-state index in [1.165, 1.54) is 0 Å². The van der Waals surface area contributed by atoms with Gasteiger partial charge < -0.3 is 24.7 Å². The van der Waals surface area contributed by atoms with E-state index in [1.54, 1.807) is 12.1 Å². The maximum Gasteiger partial charge on any atom is 0.311 e. The van der Waals surface area contributed by atoms with Gasteiger partial charge in [-0.2, -0.15) is 0 Å². The second kappa shape index (κ2) is 9.37. The molecule has 0 aliphatic heterocycles. The molecule has 6 nitrogen and oxygen atoms in total. The molecule has 2 rings (SSSR count). The van der Waals surface area contributed by atoms with Gasteiger partial charge in [0.2, 0.25) is 0 Å². The zero-order valence-electron chi connectivity index (χ0n) is 13.5. The van der Waals surface area contributed by atoms with Gasteiger partial charge in [-0.05, 0) is 56.9 Å². The first-order valence-electron chi connectivity index (χ1n) is 8.03. The van der Waals surface area contributed by atoms with Gasteiger partial charge in [0.05, 0.1) is 12.0 Å². The summed E-state index contributed by atoms with van der Waals surface area (Å²) in [6.45, 7) is 2.65. The number of anilines is 1. The average molecular weight is 323 g/mol. The predicted molar refractivity (Wildman–Crippen MR) is 85.8 cm³/mol. The topological polar surface area (TPSA) is 80.0 Å². The second-order valence-corrected chi connectivity index (χ2v) is 5.55. The lowest BCUT2D eigenvalue weighted by Gasteiger charge is -2.27. The third-order valence-corrected chi connectivity index (χ3v) is 3.91. The summed E-state index contributed by atoms with van der Waals surface area (Å²) in [5.41, 5.74) is 6.32. The molecule has 1 aliphatic rings. The second-order valence-electron chi connectivity index (χ2n) is 5.55. The van der Waals surface area contributed by atoms with E-state index >= 15 is 0 Å². The lowest BCUT2D eigenvalue weighted by molar-refractivity contribution is -0.163. The molecule has 6 heteroatoms. The van der Waals surface area contributed by atoms with Crippen molar-refractivity contribution in [1.29, 1.82) is 0 Å². The van der Waals surface area contributed by atoms with Gasteiger partial charge in [0, 0.05) is 12.3 Å². The zero-order valence-corrected chi connectivity index (χ0v) is 13.5. The van der Waals surface area contributed by atoms with Crippen LogP contribution in [0.4, 0.5) is 5.69 Å². The number of rotatable bonds is 8. The number of nitrogens with two attached hydrogens (primary N) is 1. The van der Waals surface area contributed by atoms with E-state index in [0.29, 0.717) is 12.3 Å². The van der Waals surface area contributed by atoms with Crippen LogP contribution in [0.25, 0.3) is 0 Å². The summed E-state index contributed by atoms with van der Waals surface area (Å²) in [4.78, 5) is 11.8. The molecule has 23 heavy (non-hydrogen) atoms. The first-order valence-corrected chi connectivity index (χ1v) is 8.03. The number of carbonyl (C=O) groups excluding carboxylic acids is 1. The van der Waals surface area contributed by atoms with Crippen molar-refractivity contribution in [3.05, 3.63) is 24.3 Å². The Morgan fingerprint density at radius 3 is 2.48 bits per heavy atom. The molecule has 0 radical (unpaired) electrons. The summed E-state index contributed by atoms with van der Waals surface area (Å²) in [5, 5.41) is 0. The Labute approximate surface area is 136 Å². The Morgan fingerprint density at radius 2 is 1.83 bits per heavy atom. The number of carbonyl (C=O) groups is 1. The van der Waals surface area contributed by atoms with Crippen molar-refractivity contribution >= 4 is 11.7 Å². The van der Waals surface area contributed by atoms with Crippen LogP contribution in [0.2, 0.25) is 0 Å². The van der Waals surface area contributed by atoms with Gasteiger partial charge in [0.15, 0.2) is 13.6 Å². The Morgan fingerprint density at radius 1 is 1.13 bits per heavy atom. The lowest BCUT2D eigenvalue weighted by Crippen LogP contribution is -2.28. The summed E-state index contributed by atoms with van der Waals surface area (Å²) in [6.07, 6.45) is 3.34. The maximum atomic E-state index is 11.8. The molecule has 1 aliphatic carbocycles. The summed E-state index contributed by atoms with van der Waals surface area (Å²) >= 11 is 0. The van der Waals surface area contributed by atoms with E-state index in [9.17, 15) is 4.79 Å². The largest absolute Gasteiger partial charge is 0.468 e. The van der Waals surface area contributed by atoms with Gasteiger partial charge in [-0.3, -0.25) is 4.79 Å². The summed E-state index contributed by atoms with van der Waals surface area (Å²) < 4.78 is 21.3. The van der Waals surface area contributed by atoms with Crippen molar-refractivity contribution in [3.8, 4) is 5.75 Å². The Hall–Kier alpha value is -1.79. The molecule has 128 valence electrons. The summed E-state index contributed by atoms with van der Waals surface area (Å²) in [6, 6.07) is 7.19. The molecule has 0 saturated heterocycles. The van der Waals surface area contributed by atoms with Crippen LogP contribution >= 0.6 is 0 Å². The van der Waals surface area contributed by atoms with Crippen LogP contribution in [0.15, 0.2) is 24.3 Å². The SMILES string of the molecule is CCOCOC(=O)C1CCC(OCOc2ccc(N)cc2)CC1. The smallest absolute Gasteiger partial charge is 0.311 e. The van der Waals surface area contributed by atoms with Gasteiger partial charge in [-0.25, -0.2) is 0 Å². The molecule has 1 saturated carbocycles. The Balaban J connectivity index is 1.61. The van der Waals surface area contributed by atoms with E-state index < -0.39 is 0 Å². The molecule has 2 N–H and O–H groups in total. The molecule has 0 unspecified atom stereocenters. The number of nitrogen functional groups attached to an aromatic ring is 1. The number of benzene rings is 1. The van der Waals surface area contributed by atoms with Crippen LogP contribution in [0.1, 0.15) is 32.6 Å². The van der Waals surface area contributed by atoms with E-state index in [-0.39, 0.29) is 31.6 Å². The van der Waals surface area contributed by atoms with E-state index in [4.69, 9.17) is 24.7 Å². The quantitative estimate of drug-likeness (QED) is 0.343. The maximum absolute atomic E-state index is 11.8. The van der Waals surface area contributed by atoms with Gasteiger partial charge in [-0.15, -0.1) is 0 Å². The predicted octanol–water partition coefficient (Wildman–Crippen LogP) is 2.72. The minimum absolute atomic E-state index is 0.0428. The van der Waals surface area contributed by atoms with Crippen molar-refractivity contribution in [2.24, 2.45) is 5.92 Å². The lowest BCUT2D eigenvalue weighted by atomic mass is 9.87. The standard InChI is InChI=1S/C17H25NO5/c1-2-20-11-23-17(19)13-3-7-15(8-4-13)21-12-22-16-9-5-14(18)6-10-16/h5-6,9-10,13,15H,2-4,7-8,11-12,18H2,1H3. The van der Waals surface area contributed by atoms with Crippen LogP contribution < -0.4 is 10.5 Å². The van der Waals surface area contributed by atoms with Crippen molar-refractivity contribution in [2.45, 2.75) is 38.7 Å². The van der Waals surface area contributed by atoms with Gasteiger partial charge in [0.25, 0.3) is 0 Å². The first-order chi connectivity index (χ1) is 11.2. The van der Waals surface area contributed by atoms with Crippen molar-refractivity contribution in [3.63, 3.8) is 0 Å². The van der Waals surface area contributed by atoms with Crippen LogP contribution in [-0.4, -0.2) is 32.3 Å². The minimum Gasteiger partial charge on any atom is -0.468 e. The molecular formula is C17H25NO5. The van der Waals surface area contributed by atoms with E-state index in [1.807, 2.05) is 19.1 Å². The normalized spacial score (nSPS) is 20.9. The number of hydrogen-bond acceptors (Lipinski definition) is 6. The molecule has 1 fully saturated rings. The van der Waals surface area contributed by atoms with Crippen LogP contribution in [0, 0.1) is 5.92 Å². The molecule has 0 spiro atoms. The van der Waals surface area contributed by atoms with Crippen molar-refractivity contribution < 1.29 is 23.7 Å². The van der Waals surface area contributed by atoms with Crippen LogP contribution in [0.5, 0.6) is 5.75 Å². The highest BCUT2D eigenvalue weighted by Crippen LogP contribution is 2.27. The fraction of sp³-hybridized carbons (Fsp3) is 0.588. The molecule has 0 bridgehead atoms. The van der Waals surface area contributed by atoms with Crippen molar-refractivity contribution in [1.82, 2.24) is 0 Å². The highest BCUT2D eigenvalue weighted by atomic mass is 16.7. The Kier molecular flexibility index (Phi) is 7.16. The molecule has 1 aromatic rings. The van der Waals surface area contributed by atoms with Crippen LogP contribution in [-0.2, 0) is 19.0 Å². The number of hydrogen-bond donors (Lipinski definition) is 1.